The summed E-state index contributed by atoms with van der Waals surface area (Å²) in [6, 6.07) is 6.14. The zero-order chi connectivity index (χ0) is 18.1. The number of phenols is 1. The highest BCUT2D eigenvalue weighted by Crippen LogP contribution is 2.30. The van der Waals surface area contributed by atoms with E-state index in [1.165, 1.54) is 18.5 Å². The molecule has 2 unspecified atom stereocenters. The molecule has 134 valence electrons. The van der Waals surface area contributed by atoms with Crippen molar-refractivity contribution in [3.8, 4) is 5.75 Å². The van der Waals surface area contributed by atoms with Crippen molar-refractivity contribution in [2.45, 2.75) is 25.2 Å². The topological polar surface area (TPSA) is 138 Å². The predicted octanol–water partition coefficient (Wildman–Crippen LogP) is 1.91. The maximum Gasteiger partial charge on any atom is 0.280 e. The molecule has 3 heterocycles. The summed E-state index contributed by atoms with van der Waals surface area (Å²) < 4.78 is 7.39. The molecule has 0 spiro atoms. The summed E-state index contributed by atoms with van der Waals surface area (Å²) >= 11 is 0. The molecule has 0 aliphatic carbocycles. The lowest BCUT2D eigenvalue weighted by atomic mass is 10.2. The van der Waals surface area contributed by atoms with Crippen molar-refractivity contribution in [2.75, 3.05) is 6.61 Å². The summed E-state index contributed by atoms with van der Waals surface area (Å²) in [5.41, 5.74) is 0.607. The van der Waals surface area contributed by atoms with Gasteiger partial charge in [0, 0.05) is 0 Å². The maximum atomic E-state index is 12.2. The summed E-state index contributed by atoms with van der Waals surface area (Å²) in [5.74, 6) is 0.160. The van der Waals surface area contributed by atoms with Crippen LogP contribution in [0, 0.1) is 0 Å². The van der Waals surface area contributed by atoms with Gasteiger partial charge >= 0.3 is 0 Å². The molecule has 1 saturated heterocycles. The molecule has 10 nitrogen and oxygen atoms in total. The number of hydrogen-bond acceptors (Lipinski definition) is 8. The third-order valence-electron chi connectivity index (χ3n) is 4.13. The van der Waals surface area contributed by atoms with Gasteiger partial charge in [-0.05, 0) is 37.1 Å². The number of H-pyrrole nitrogens is 1. The standard InChI is InChI=1S/C16H16N6O4/c23-7-11-5-6-12(26-11)22-8-17-13-14(22)18-16(19-15(13)25)21-20-9-1-3-10(24)4-2-9/h1-4,8,11-12,23-24H,5-7H2,(H,18,19,25). The lowest BCUT2D eigenvalue weighted by Gasteiger charge is -2.13. The molecule has 0 saturated carbocycles. The van der Waals surface area contributed by atoms with Crippen molar-refractivity contribution < 1.29 is 14.9 Å². The molecule has 0 bridgehead atoms. The Hall–Kier alpha value is -3.11. The fourth-order valence-corrected chi connectivity index (χ4v) is 2.82. The first-order valence-corrected chi connectivity index (χ1v) is 8.08. The van der Waals surface area contributed by atoms with Gasteiger partial charge < -0.3 is 14.9 Å². The number of rotatable bonds is 4. The summed E-state index contributed by atoms with van der Waals surface area (Å²) in [4.78, 5) is 23.2. The van der Waals surface area contributed by atoms with Crippen LogP contribution in [-0.4, -0.2) is 42.4 Å². The molecule has 10 heteroatoms. The average molecular weight is 356 g/mol. The number of aliphatic hydroxyl groups is 1. The van der Waals surface area contributed by atoms with Crippen molar-refractivity contribution >= 4 is 22.8 Å². The summed E-state index contributed by atoms with van der Waals surface area (Å²) in [5, 5.41) is 26.4. The SMILES string of the molecule is O=c1[nH]c(N=Nc2ccc(O)cc2)nc2c1ncn2C1CCC(CO)O1. The van der Waals surface area contributed by atoms with Gasteiger partial charge in [0.1, 0.15) is 12.0 Å². The second-order valence-electron chi connectivity index (χ2n) is 5.90. The van der Waals surface area contributed by atoms with Crippen LogP contribution in [0.3, 0.4) is 0 Å². The Balaban J connectivity index is 1.67. The molecule has 1 aliphatic rings. The first kappa shape index (κ1) is 16.4. The van der Waals surface area contributed by atoms with Gasteiger partial charge in [-0.15, -0.1) is 10.2 Å². The number of ether oxygens (including phenoxy) is 1. The Kier molecular flexibility index (Phi) is 4.19. The first-order valence-electron chi connectivity index (χ1n) is 8.08. The van der Waals surface area contributed by atoms with Crippen LogP contribution >= 0.6 is 0 Å². The minimum atomic E-state index is -0.426. The van der Waals surface area contributed by atoms with Gasteiger partial charge in [0.25, 0.3) is 11.5 Å². The Labute approximate surface area is 146 Å². The third kappa shape index (κ3) is 3.07. The molecule has 0 amide bonds. The number of nitrogens with zero attached hydrogens (tertiary/aromatic N) is 5. The van der Waals surface area contributed by atoms with Crippen molar-refractivity contribution in [2.24, 2.45) is 10.2 Å². The molecule has 1 fully saturated rings. The zero-order valence-electron chi connectivity index (χ0n) is 13.6. The monoisotopic (exact) mass is 356 g/mol. The minimum absolute atomic E-state index is 0.0361. The molecule has 3 N–H and O–H groups in total. The van der Waals surface area contributed by atoms with Crippen LogP contribution in [0.25, 0.3) is 11.2 Å². The zero-order valence-corrected chi connectivity index (χ0v) is 13.6. The first-order chi connectivity index (χ1) is 12.6. The van der Waals surface area contributed by atoms with Gasteiger partial charge in [-0.1, -0.05) is 0 Å². The summed E-state index contributed by atoms with van der Waals surface area (Å²) in [6.07, 6.45) is 2.34. The van der Waals surface area contributed by atoms with E-state index in [2.05, 4.69) is 25.2 Å². The van der Waals surface area contributed by atoms with Crippen molar-refractivity contribution in [1.29, 1.82) is 0 Å². The number of imidazole rings is 1. The number of azo groups is 1. The third-order valence-corrected chi connectivity index (χ3v) is 4.13. The fourth-order valence-electron chi connectivity index (χ4n) is 2.82. The number of aromatic nitrogens is 4. The molecule has 1 aliphatic heterocycles. The molecular weight excluding hydrogens is 340 g/mol. The van der Waals surface area contributed by atoms with Crippen LogP contribution in [0.15, 0.2) is 45.6 Å². The molecule has 0 radical (unpaired) electrons. The van der Waals surface area contributed by atoms with Crippen LogP contribution in [0.4, 0.5) is 11.6 Å². The van der Waals surface area contributed by atoms with Crippen LogP contribution in [-0.2, 0) is 4.74 Å². The lowest BCUT2D eigenvalue weighted by molar-refractivity contribution is -0.0207. The van der Waals surface area contributed by atoms with E-state index in [1.54, 1.807) is 16.7 Å². The normalized spacial score (nSPS) is 20.3. The number of nitrogens with one attached hydrogen (secondary N) is 1. The fraction of sp³-hybridized carbons (Fsp3) is 0.312. The van der Waals surface area contributed by atoms with E-state index < -0.39 is 5.56 Å². The molecule has 2 aromatic heterocycles. The molecule has 4 rings (SSSR count). The van der Waals surface area contributed by atoms with E-state index >= 15 is 0 Å². The second kappa shape index (κ2) is 6.65. The van der Waals surface area contributed by atoms with Gasteiger partial charge in [0.05, 0.1) is 24.7 Å². The van der Waals surface area contributed by atoms with Crippen molar-refractivity contribution in [3.63, 3.8) is 0 Å². The van der Waals surface area contributed by atoms with Crippen LogP contribution in [0.5, 0.6) is 5.75 Å². The number of benzene rings is 1. The molecule has 2 atom stereocenters. The Bertz CT molecular complexity index is 1010. The van der Waals surface area contributed by atoms with E-state index in [0.29, 0.717) is 17.8 Å². The Morgan fingerprint density at radius 3 is 2.81 bits per heavy atom. The van der Waals surface area contributed by atoms with Gasteiger partial charge in [-0.25, -0.2) is 4.98 Å². The lowest BCUT2D eigenvalue weighted by Crippen LogP contribution is -2.15. The number of aliphatic hydroxyl groups excluding tert-OH is 1. The van der Waals surface area contributed by atoms with Gasteiger partial charge in [0.2, 0.25) is 0 Å². The highest BCUT2D eigenvalue weighted by Gasteiger charge is 2.27. The van der Waals surface area contributed by atoms with Crippen molar-refractivity contribution in [1.82, 2.24) is 19.5 Å². The van der Waals surface area contributed by atoms with Crippen LogP contribution in [0.1, 0.15) is 19.1 Å². The summed E-state index contributed by atoms with van der Waals surface area (Å²) in [6.45, 7) is -0.0523. The van der Waals surface area contributed by atoms with E-state index in [9.17, 15) is 15.0 Å². The van der Waals surface area contributed by atoms with Crippen LogP contribution < -0.4 is 5.56 Å². The predicted molar refractivity (Wildman–Crippen MR) is 90.7 cm³/mol. The van der Waals surface area contributed by atoms with Gasteiger partial charge in [0.15, 0.2) is 11.2 Å². The van der Waals surface area contributed by atoms with E-state index in [-0.39, 0.29) is 36.2 Å². The average Bonchev–Trinajstić information content (AvgIpc) is 3.28. The maximum absolute atomic E-state index is 12.2. The van der Waals surface area contributed by atoms with E-state index in [1.807, 2.05) is 0 Å². The Morgan fingerprint density at radius 2 is 2.08 bits per heavy atom. The minimum Gasteiger partial charge on any atom is -0.508 e. The molecule has 3 aromatic rings. The molecule has 26 heavy (non-hydrogen) atoms. The number of hydrogen-bond donors (Lipinski definition) is 3. The largest absolute Gasteiger partial charge is 0.508 e. The number of aromatic amines is 1. The number of phenolic OH excluding ortho intramolecular Hbond substituents is 1. The van der Waals surface area contributed by atoms with E-state index in [4.69, 9.17) is 4.74 Å². The Morgan fingerprint density at radius 1 is 1.27 bits per heavy atom. The smallest absolute Gasteiger partial charge is 0.280 e. The number of fused-ring (bicyclic) bond motifs is 1. The number of aromatic hydroxyl groups is 1. The highest BCUT2D eigenvalue weighted by atomic mass is 16.5. The molecule has 1 aromatic carbocycles. The van der Waals surface area contributed by atoms with E-state index in [0.717, 1.165) is 6.42 Å². The van der Waals surface area contributed by atoms with Crippen LogP contribution in [0.2, 0.25) is 0 Å². The van der Waals surface area contributed by atoms with Gasteiger partial charge in [-0.3, -0.25) is 14.3 Å². The second-order valence-corrected chi connectivity index (χ2v) is 5.90. The van der Waals surface area contributed by atoms with Gasteiger partial charge in [-0.2, -0.15) is 4.98 Å². The summed E-state index contributed by atoms with van der Waals surface area (Å²) in [7, 11) is 0. The quantitative estimate of drug-likeness (QED) is 0.610. The van der Waals surface area contributed by atoms with Crippen molar-refractivity contribution in [3.05, 3.63) is 40.9 Å². The highest BCUT2D eigenvalue weighted by molar-refractivity contribution is 5.70. The molecular formula is C16H16N6O4.